The van der Waals surface area contributed by atoms with Crippen LogP contribution in [0.25, 0.3) is 0 Å². The van der Waals surface area contributed by atoms with Crippen LogP contribution in [-0.2, 0) is 11.2 Å². The summed E-state index contributed by atoms with van der Waals surface area (Å²) in [5.41, 5.74) is -1.47. The Bertz CT molecular complexity index is 292. The lowest BCUT2D eigenvalue weighted by atomic mass is 10.2. The van der Waals surface area contributed by atoms with Gasteiger partial charge >= 0.3 is 6.11 Å². The van der Waals surface area contributed by atoms with Crippen molar-refractivity contribution in [1.82, 2.24) is 0 Å². The summed E-state index contributed by atoms with van der Waals surface area (Å²) in [4.78, 5) is 0. The van der Waals surface area contributed by atoms with Crippen molar-refractivity contribution in [3.05, 3.63) is 35.4 Å². The largest absolute Gasteiger partial charge is 0.411 e. The SMILES string of the molecule is [O]C(F)(F)c1cccc(F)c1F. The molecule has 0 atom stereocenters. The maximum absolute atomic E-state index is 12.4. The van der Waals surface area contributed by atoms with Gasteiger partial charge in [0, 0.05) is 0 Å². The molecule has 1 nitrogen and oxygen atoms in total. The fourth-order valence-electron chi connectivity index (χ4n) is 0.729. The summed E-state index contributed by atoms with van der Waals surface area (Å²) in [6.45, 7) is 0. The van der Waals surface area contributed by atoms with Crippen molar-refractivity contribution in [2.24, 2.45) is 0 Å². The lowest BCUT2D eigenvalue weighted by Crippen LogP contribution is -2.12. The topological polar surface area (TPSA) is 19.9 Å². The molecule has 0 saturated carbocycles. The van der Waals surface area contributed by atoms with Crippen LogP contribution in [0.1, 0.15) is 5.56 Å². The van der Waals surface area contributed by atoms with E-state index in [0.29, 0.717) is 12.1 Å². The molecular weight excluding hydrogens is 176 g/mol. The van der Waals surface area contributed by atoms with Crippen LogP contribution in [0.4, 0.5) is 17.6 Å². The molecule has 1 rings (SSSR count). The number of hydrogen-bond donors (Lipinski definition) is 0. The first-order valence-corrected chi connectivity index (χ1v) is 2.95. The van der Waals surface area contributed by atoms with Gasteiger partial charge in [0.2, 0.25) is 0 Å². The average molecular weight is 179 g/mol. The van der Waals surface area contributed by atoms with Gasteiger partial charge in [0.1, 0.15) is 0 Å². The van der Waals surface area contributed by atoms with E-state index in [-0.39, 0.29) is 0 Å². The Morgan fingerprint density at radius 3 is 2.17 bits per heavy atom. The predicted octanol–water partition coefficient (Wildman–Crippen LogP) is 2.44. The fourth-order valence-corrected chi connectivity index (χ4v) is 0.729. The molecule has 0 aliphatic rings. The molecule has 5 heteroatoms. The van der Waals surface area contributed by atoms with Crippen LogP contribution < -0.4 is 0 Å². The van der Waals surface area contributed by atoms with E-state index in [9.17, 15) is 22.7 Å². The number of benzene rings is 1. The van der Waals surface area contributed by atoms with Gasteiger partial charge in [-0.15, -0.1) is 0 Å². The molecule has 0 unspecified atom stereocenters. The minimum absolute atomic E-state index is 0.547. The molecule has 0 saturated heterocycles. The second-order valence-electron chi connectivity index (χ2n) is 2.12. The molecule has 0 heterocycles. The Labute approximate surface area is 65.3 Å². The van der Waals surface area contributed by atoms with E-state index >= 15 is 0 Å². The zero-order chi connectivity index (χ0) is 9.35. The smallest absolute Gasteiger partial charge is 0.204 e. The van der Waals surface area contributed by atoms with Gasteiger partial charge in [0.05, 0.1) is 5.56 Å². The van der Waals surface area contributed by atoms with E-state index in [4.69, 9.17) is 0 Å². The summed E-state index contributed by atoms with van der Waals surface area (Å²) < 4.78 is 48.6. The predicted molar refractivity (Wildman–Crippen MR) is 30.9 cm³/mol. The van der Waals surface area contributed by atoms with Gasteiger partial charge in [0.25, 0.3) is 0 Å². The third kappa shape index (κ3) is 1.55. The highest BCUT2D eigenvalue weighted by Crippen LogP contribution is 2.28. The number of hydrogen-bond acceptors (Lipinski definition) is 0. The molecule has 0 aromatic heterocycles. The number of alkyl halides is 2. The van der Waals surface area contributed by atoms with Crippen LogP contribution in [0.15, 0.2) is 18.2 Å². The molecule has 0 aliphatic heterocycles. The first kappa shape index (κ1) is 8.99. The zero-order valence-corrected chi connectivity index (χ0v) is 5.65. The summed E-state index contributed by atoms with van der Waals surface area (Å²) >= 11 is 0. The highest BCUT2D eigenvalue weighted by atomic mass is 19.3. The van der Waals surface area contributed by atoms with Crippen molar-refractivity contribution in [1.29, 1.82) is 0 Å². The van der Waals surface area contributed by atoms with Gasteiger partial charge < -0.3 is 0 Å². The molecule has 0 spiro atoms. The minimum Gasteiger partial charge on any atom is -0.204 e. The fraction of sp³-hybridized carbons (Fsp3) is 0.143. The highest BCUT2D eigenvalue weighted by Gasteiger charge is 2.34. The lowest BCUT2D eigenvalue weighted by molar-refractivity contribution is -0.254. The molecule has 1 radical (unpaired) electrons. The van der Waals surface area contributed by atoms with Crippen LogP contribution in [0.2, 0.25) is 0 Å². The van der Waals surface area contributed by atoms with E-state index in [0.717, 1.165) is 6.07 Å². The van der Waals surface area contributed by atoms with E-state index in [1.807, 2.05) is 0 Å². The van der Waals surface area contributed by atoms with Crippen molar-refractivity contribution < 1.29 is 22.7 Å². The van der Waals surface area contributed by atoms with E-state index in [1.165, 1.54) is 0 Å². The van der Waals surface area contributed by atoms with Crippen LogP contribution in [-0.4, -0.2) is 0 Å². The summed E-state index contributed by atoms with van der Waals surface area (Å²) in [7, 11) is 0. The molecule has 0 amide bonds. The Balaban J connectivity index is 3.26. The van der Waals surface area contributed by atoms with Gasteiger partial charge in [-0.25, -0.2) is 8.78 Å². The molecule has 0 bridgehead atoms. The lowest BCUT2D eigenvalue weighted by Gasteiger charge is -2.07. The van der Waals surface area contributed by atoms with Crippen LogP contribution in [0, 0.1) is 11.6 Å². The normalized spacial score (nSPS) is 11.8. The Morgan fingerprint density at radius 2 is 1.75 bits per heavy atom. The minimum atomic E-state index is -4.59. The Kier molecular flexibility index (Phi) is 2.06. The van der Waals surface area contributed by atoms with Crippen molar-refractivity contribution in [3.63, 3.8) is 0 Å². The van der Waals surface area contributed by atoms with Gasteiger partial charge in [0.15, 0.2) is 11.6 Å². The summed E-state index contributed by atoms with van der Waals surface area (Å²) in [5.74, 6) is -3.25. The standard InChI is InChI=1S/C7H3F4O/c8-5-3-1-2-4(6(5)9)7(10,11)12/h1-3H. The molecule has 0 fully saturated rings. The molecule has 1 aromatic rings. The van der Waals surface area contributed by atoms with Crippen LogP contribution in [0.3, 0.4) is 0 Å². The number of halogens is 4. The van der Waals surface area contributed by atoms with Gasteiger partial charge in [-0.1, -0.05) is 6.07 Å². The molecule has 12 heavy (non-hydrogen) atoms. The molecular formula is C7H3F4O. The number of rotatable bonds is 1. The Hall–Kier alpha value is -1.10. The van der Waals surface area contributed by atoms with E-state index in [2.05, 4.69) is 0 Å². The third-order valence-corrected chi connectivity index (χ3v) is 1.27. The van der Waals surface area contributed by atoms with E-state index in [1.54, 1.807) is 0 Å². The van der Waals surface area contributed by atoms with E-state index < -0.39 is 23.3 Å². The first-order valence-electron chi connectivity index (χ1n) is 2.95. The third-order valence-electron chi connectivity index (χ3n) is 1.27. The Morgan fingerprint density at radius 1 is 1.17 bits per heavy atom. The molecule has 0 aliphatic carbocycles. The van der Waals surface area contributed by atoms with Crippen molar-refractivity contribution in [3.8, 4) is 0 Å². The van der Waals surface area contributed by atoms with Crippen LogP contribution in [0.5, 0.6) is 0 Å². The second-order valence-corrected chi connectivity index (χ2v) is 2.12. The van der Waals surface area contributed by atoms with Crippen LogP contribution >= 0.6 is 0 Å². The quantitative estimate of drug-likeness (QED) is 0.590. The first-order chi connectivity index (χ1) is 5.43. The van der Waals surface area contributed by atoms with Crippen molar-refractivity contribution in [2.75, 3.05) is 0 Å². The van der Waals surface area contributed by atoms with Gasteiger partial charge in [-0.2, -0.15) is 13.9 Å². The average Bonchev–Trinajstić information content (AvgIpc) is 1.92. The molecule has 0 N–H and O–H groups in total. The van der Waals surface area contributed by atoms with Crippen molar-refractivity contribution in [2.45, 2.75) is 6.11 Å². The zero-order valence-electron chi connectivity index (χ0n) is 5.65. The summed E-state index contributed by atoms with van der Waals surface area (Å²) in [6.07, 6.45) is -4.59. The van der Waals surface area contributed by atoms with Gasteiger partial charge in [-0.05, 0) is 12.1 Å². The summed E-state index contributed by atoms with van der Waals surface area (Å²) in [6, 6.07) is 2.05. The highest BCUT2D eigenvalue weighted by molar-refractivity contribution is 5.21. The van der Waals surface area contributed by atoms with Gasteiger partial charge in [-0.3, -0.25) is 0 Å². The maximum Gasteiger partial charge on any atom is 0.411 e. The monoisotopic (exact) mass is 179 g/mol. The maximum atomic E-state index is 12.4. The molecule has 65 valence electrons. The van der Waals surface area contributed by atoms with Crippen molar-refractivity contribution >= 4 is 0 Å². The molecule has 1 aromatic carbocycles. The summed E-state index contributed by atoms with van der Waals surface area (Å²) in [5, 5.41) is 9.94. The second kappa shape index (κ2) is 2.75.